The van der Waals surface area contributed by atoms with Gasteiger partial charge in [0.25, 0.3) is 0 Å². The van der Waals surface area contributed by atoms with E-state index in [0.717, 1.165) is 12.1 Å². The zero-order chi connectivity index (χ0) is 35.6. The monoisotopic (exact) mass is 686 g/mol. The van der Waals surface area contributed by atoms with Gasteiger partial charge in [0.05, 0.1) is 24.3 Å². The Hall–Kier alpha value is -4.29. The van der Waals surface area contributed by atoms with Gasteiger partial charge in [0.1, 0.15) is 6.67 Å². The van der Waals surface area contributed by atoms with Crippen LogP contribution >= 0.6 is 0 Å². The summed E-state index contributed by atoms with van der Waals surface area (Å²) in [5.74, 6) is 0. The van der Waals surface area contributed by atoms with E-state index < -0.39 is 30.2 Å². The van der Waals surface area contributed by atoms with Crippen molar-refractivity contribution in [1.29, 1.82) is 0 Å². The van der Waals surface area contributed by atoms with Crippen molar-refractivity contribution >= 4 is 24.3 Å². The second-order valence-electron chi connectivity index (χ2n) is 11.3. The van der Waals surface area contributed by atoms with Gasteiger partial charge >= 0.3 is 12.4 Å². The second kappa shape index (κ2) is 16.9. The number of halogens is 7. The quantitative estimate of drug-likeness (QED) is 0.0609. The topological polar surface area (TPSA) is 64.5 Å². The molecule has 4 aromatic rings. The molecule has 0 aliphatic carbocycles. The molecule has 260 valence electrons. The van der Waals surface area contributed by atoms with Crippen LogP contribution in [0.3, 0.4) is 0 Å². The Labute approximate surface area is 280 Å². The van der Waals surface area contributed by atoms with Gasteiger partial charge < -0.3 is 20.8 Å². The number of benzene rings is 4. The van der Waals surface area contributed by atoms with Crippen LogP contribution in [0, 0.1) is 6.92 Å². The molecular formula is C38H37F7N2O2. The van der Waals surface area contributed by atoms with Crippen molar-refractivity contribution in [1.82, 2.24) is 10.6 Å². The minimum Gasteiger partial charge on any atom is -0.395 e. The average Bonchev–Trinajstić information content (AvgIpc) is 3.06. The highest BCUT2D eigenvalue weighted by Gasteiger charge is 2.33. The molecule has 0 bridgehead atoms. The lowest BCUT2D eigenvalue weighted by atomic mass is 9.90. The van der Waals surface area contributed by atoms with Crippen molar-refractivity contribution in [2.24, 2.45) is 0 Å². The lowest BCUT2D eigenvalue weighted by Gasteiger charge is -2.15. The minimum absolute atomic E-state index is 0.0383. The Morgan fingerprint density at radius 1 is 0.592 bits per heavy atom. The van der Waals surface area contributed by atoms with E-state index in [-0.39, 0.29) is 49.5 Å². The highest BCUT2D eigenvalue weighted by atomic mass is 19.4. The predicted molar refractivity (Wildman–Crippen MR) is 180 cm³/mol. The zero-order valence-corrected chi connectivity index (χ0v) is 26.7. The van der Waals surface area contributed by atoms with E-state index in [0.29, 0.717) is 45.5 Å². The molecule has 4 nitrogen and oxygen atoms in total. The first kappa shape index (κ1) is 37.5. The Bertz CT molecular complexity index is 1780. The molecule has 0 aliphatic heterocycles. The van der Waals surface area contributed by atoms with Gasteiger partial charge in [-0.1, -0.05) is 72.8 Å². The van der Waals surface area contributed by atoms with Crippen LogP contribution in [0.25, 0.3) is 35.4 Å². The molecule has 0 radical (unpaired) electrons. The van der Waals surface area contributed by atoms with E-state index in [1.54, 1.807) is 49.4 Å². The zero-order valence-electron chi connectivity index (χ0n) is 26.7. The van der Waals surface area contributed by atoms with E-state index in [9.17, 15) is 30.7 Å². The standard InChI is InChI=1S/C38H37F7N2O2/c1-25-28(10-12-30-20-26(23-46-16-18-48)8-14-35(30)37(40,41)42)4-2-6-32(25)33-7-3-5-29(34(33)22-39)11-13-31-21-27(24-47-17-19-49)9-15-36(31)38(43,44)45/h2-15,20-21,46-49H,16-19,22-24H2,1H3/b12-10+,13-11+. The Morgan fingerprint density at radius 2 is 1.04 bits per heavy atom. The molecule has 0 saturated carbocycles. The first-order chi connectivity index (χ1) is 23.4. The van der Waals surface area contributed by atoms with Gasteiger partial charge in [-0.25, -0.2) is 4.39 Å². The molecule has 4 N–H and O–H groups in total. The summed E-state index contributed by atoms with van der Waals surface area (Å²) >= 11 is 0. The van der Waals surface area contributed by atoms with Gasteiger partial charge in [-0.2, -0.15) is 26.3 Å². The summed E-state index contributed by atoms with van der Waals surface area (Å²) < 4.78 is 97.7. The van der Waals surface area contributed by atoms with E-state index in [4.69, 9.17) is 10.2 Å². The highest BCUT2D eigenvalue weighted by molar-refractivity contribution is 5.82. The molecule has 0 spiro atoms. The van der Waals surface area contributed by atoms with E-state index in [1.807, 2.05) is 0 Å². The maximum atomic E-state index is 14.7. The summed E-state index contributed by atoms with van der Waals surface area (Å²) in [6.45, 7) is 1.72. The lowest BCUT2D eigenvalue weighted by molar-refractivity contribution is -0.138. The maximum Gasteiger partial charge on any atom is 0.416 e. The van der Waals surface area contributed by atoms with Crippen molar-refractivity contribution < 1.29 is 40.9 Å². The number of alkyl halides is 7. The molecule has 0 unspecified atom stereocenters. The van der Waals surface area contributed by atoms with Crippen LogP contribution in [-0.4, -0.2) is 36.5 Å². The summed E-state index contributed by atoms with van der Waals surface area (Å²) in [5, 5.41) is 23.9. The van der Waals surface area contributed by atoms with E-state index in [1.165, 1.54) is 42.5 Å². The first-order valence-corrected chi connectivity index (χ1v) is 15.5. The first-order valence-electron chi connectivity index (χ1n) is 15.5. The molecule has 4 rings (SSSR count). The van der Waals surface area contributed by atoms with Gasteiger partial charge in [0.15, 0.2) is 0 Å². The number of nitrogens with one attached hydrogen (secondary N) is 2. The third kappa shape index (κ3) is 9.88. The van der Waals surface area contributed by atoms with Gasteiger partial charge in [-0.3, -0.25) is 0 Å². The molecule has 0 atom stereocenters. The summed E-state index contributed by atoms with van der Waals surface area (Å²) in [7, 11) is 0. The van der Waals surface area contributed by atoms with E-state index in [2.05, 4.69) is 10.6 Å². The Balaban J connectivity index is 1.71. The molecular weight excluding hydrogens is 649 g/mol. The fourth-order valence-corrected chi connectivity index (χ4v) is 5.51. The van der Waals surface area contributed by atoms with Gasteiger partial charge in [0.2, 0.25) is 0 Å². The van der Waals surface area contributed by atoms with Crippen LogP contribution < -0.4 is 10.6 Å². The summed E-state index contributed by atoms with van der Waals surface area (Å²) in [4.78, 5) is 0. The molecule has 0 saturated heterocycles. The number of hydrogen-bond donors (Lipinski definition) is 4. The van der Waals surface area contributed by atoms with Crippen LogP contribution in [0.4, 0.5) is 30.7 Å². The SMILES string of the molecule is Cc1c(/C=C/c2cc(CNCCO)ccc2C(F)(F)F)cccc1-c1cccc(/C=C/c2cc(CNCCO)ccc2C(F)(F)F)c1CF. The van der Waals surface area contributed by atoms with Crippen LogP contribution in [0.2, 0.25) is 0 Å². The largest absolute Gasteiger partial charge is 0.416 e. The van der Waals surface area contributed by atoms with Crippen LogP contribution in [0.15, 0.2) is 72.8 Å². The smallest absolute Gasteiger partial charge is 0.395 e. The molecule has 0 fully saturated rings. The van der Waals surface area contributed by atoms with Gasteiger partial charge in [-0.05, 0) is 86.8 Å². The fourth-order valence-electron chi connectivity index (χ4n) is 5.51. The van der Waals surface area contributed by atoms with Gasteiger partial charge in [-0.15, -0.1) is 0 Å². The van der Waals surface area contributed by atoms with Crippen LogP contribution in [0.1, 0.15) is 55.6 Å². The summed E-state index contributed by atoms with van der Waals surface area (Å²) in [6.07, 6.45) is -3.52. The van der Waals surface area contributed by atoms with Crippen LogP contribution in [0.5, 0.6) is 0 Å². The normalized spacial score (nSPS) is 12.4. The summed E-state index contributed by atoms with van der Waals surface area (Å²) in [5.41, 5.74) is 2.42. The number of aliphatic hydroxyl groups is 2. The lowest BCUT2D eigenvalue weighted by Crippen LogP contribution is -2.18. The maximum absolute atomic E-state index is 14.7. The van der Waals surface area contributed by atoms with Crippen molar-refractivity contribution in [2.45, 2.75) is 39.0 Å². The molecule has 11 heteroatoms. The average molecular weight is 687 g/mol. The molecule has 0 aliphatic rings. The Morgan fingerprint density at radius 3 is 1.51 bits per heavy atom. The molecule has 4 aromatic carbocycles. The Kier molecular flexibility index (Phi) is 12.9. The van der Waals surface area contributed by atoms with Crippen LogP contribution in [-0.2, 0) is 32.1 Å². The number of aliphatic hydroxyl groups excluding tert-OH is 2. The molecule has 0 heterocycles. The summed E-state index contributed by atoms with van der Waals surface area (Å²) in [6, 6.07) is 17.8. The minimum atomic E-state index is -4.62. The third-order valence-corrected chi connectivity index (χ3v) is 7.97. The van der Waals surface area contributed by atoms with Gasteiger partial charge in [0, 0.05) is 26.2 Å². The molecule has 49 heavy (non-hydrogen) atoms. The van der Waals surface area contributed by atoms with Crippen molar-refractivity contribution in [3.63, 3.8) is 0 Å². The van der Waals surface area contributed by atoms with Crippen molar-refractivity contribution in [3.05, 3.63) is 128 Å². The highest BCUT2D eigenvalue weighted by Crippen LogP contribution is 2.37. The molecule has 0 amide bonds. The predicted octanol–water partition coefficient (Wildman–Crippen LogP) is 8.67. The third-order valence-electron chi connectivity index (χ3n) is 7.97. The number of hydrogen-bond acceptors (Lipinski definition) is 4. The van der Waals surface area contributed by atoms with Crippen molar-refractivity contribution in [2.75, 3.05) is 26.3 Å². The number of rotatable bonds is 14. The van der Waals surface area contributed by atoms with E-state index >= 15 is 0 Å². The van der Waals surface area contributed by atoms with Crippen molar-refractivity contribution in [3.8, 4) is 11.1 Å². The fraction of sp³-hybridized carbons (Fsp3) is 0.263. The molecule has 0 aromatic heterocycles. The second-order valence-corrected chi connectivity index (χ2v) is 11.3.